The van der Waals surface area contributed by atoms with Crippen molar-refractivity contribution in [3.05, 3.63) is 60.2 Å². The second-order valence-electron chi connectivity index (χ2n) is 7.25. The van der Waals surface area contributed by atoms with E-state index in [9.17, 15) is 0 Å². The molecule has 0 saturated carbocycles. The van der Waals surface area contributed by atoms with Crippen LogP contribution >= 0.6 is 0 Å². The minimum absolute atomic E-state index is 0.730. The van der Waals surface area contributed by atoms with Gasteiger partial charge in [0.15, 0.2) is 0 Å². The Balaban J connectivity index is 0.00000145. The van der Waals surface area contributed by atoms with Gasteiger partial charge < -0.3 is 21.3 Å². The third-order valence-electron chi connectivity index (χ3n) is 5.03. The number of benzene rings is 3. The number of nitrogens with zero attached hydrogens (tertiary/aromatic N) is 2. The van der Waals surface area contributed by atoms with E-state index in [4.69, 9.17) is 11.5 Å². The van der Waals surface area contributed by atoms with Crippen LogP contribution in [0.2, 0.25) is 0 Å². The van der Waals surface area contributed by atoms with E-state index in [0.717, 1.165) is 50.6 Å². The molecule has 0 aliphatic carbocycles. The van der Waals surface area contributed by atoms with Crippen molar-refractivity contribution in [3.8, 4) is 22.3 Å². The predicted octanol–water partition coefficient (Wildman–Crippen LogP) is 5.65. The smallest absolute Gasteiger partial charge is 0.0445 e. The second kappa shape index (κ2) is 9.37. The number of hydrogen-bond acceptors (Lipinski definition) is 4. The fourth-order valence-corrected chi connectivity index (χ4v) is 3.48. The van der Waals surface area contributed by atoms with Gasteiger partial charge in [0.2, 0.25) is 0 Å². The lowest BCUT2D eigenvalue weighted by molar-refractivity contribution is 1.13. The molecule has 0 fully saturated rings. The van der Waals surface area contributed by atoms with Crippen LogP contribution < -0.4 is 21.3 Å². The Kier molecular flexibility index (Phi) is 7.16. The van der Waals surface area contributed by atoms with Gasteiger partial charge in [0.25, 0.3) is 0 Å². The van der Waals surface area contributed by atoms with E-state index in [1.54, 1.807) is 0 Å². The predicted molar refractivity (Wildman–Crippen MR) is 131 cm³/mol. The first-order chi connectivity index (χ1) is 13.8. The molecule has 29 heavy (non-hydrogen) atoms. The van der Waals surface area contributed by atoms with E-state index in [0.29, 0.717) is 0 Å². The molecule has 0 amide bonds. The summed E-state index contributed by atoms with van der Waals surface area (Å²) in [6, 6.07) is 18.7. The van der Waals surface area contributed by atoms with Crippen LogP contribution in [0.15, 0.2) is 54.6 Å². The molecule has 0 radical (unpaired) electrons. The first-order valence-electron chi connectivity index (χ1n) is 10.0. The molecular weight excluding hydrogens is 356 g/mol. The Morgan fingerprint density at radius 3 is 1.28 bits per heavy atom. The number of hydrogen-bond donors (Lipinski definition) is 2. The Morgan fingerprint density at radius 1 is 0.586 bits per heavy atom. The highest BCUT2D eigenvalue weighted by atomic mass is 15.1. The molecular formula is C25H34N4. The van der Waals surface area contributed by atoms with Gasteiger partial charge in [-0.15, -0.1) is 0 Å². The second-order valence-corrected chi connectivity index (χ2v) is 7.25. The van der Waals surface area contributed by atoms with Crippen LogP contribution in [0.4, 0.5) is 22.7 Å². The SMILES string of the molecule is CC.Cc1c(N)c(-c2ccccc2N(C)C)cc(-c2ccccc2N(C)C)c1N. The third-order valence-corrected chi connectivity index (χ3v) is 5.03. The molecule has 4 nitrogen and oxygen atoms in total. The Morgan fingerprint density at radius 2 is 0.931 bits per heavy atom. The molecule has 3 rings (SSSR count). The quantitative estimate of drug-likeness (QED) is 0.565. The number of anilines is 4. The van der Waals surface area contributed by atoms with Crippen molar-refractivity contribution in [1.82, 2.24) is 0 Å². The molecule has 0 spiro atoms. The summed E-state index contributed by atoms with van der Waals surface area (Å²) < 4.78 is 0. The molecule has 0 aliphatic heterocycles. The van der Waals surface area contributed by atoms with Crippen LogP contribution in [0, 0.1) is 6.92 Å². The number of nitrogens with two attached hydrogens (primary N) is 2. The average molecular weight is 391 g/mol. The lowest BCUT2D eigenvalue weighted by Gasteiger charge is -2.23. The van der Waals surface area contributed by atoms with Crippen molar-refractivity contribution < 1.29 is 0 Å². The molecule has 0 atom stereocenters. The molecule has 0 aromatic heterocycles. The molecule has 0 bridgehead atoms. The third kappa shape index (κ3) is 4.32. The Labute approximate surface area is 175 Å². The van der Waals surface area contributed by atoms with Gasteiger partial charge in [-0.1, -0.05) is 50.2 Å². The highest BCUT2D eigenvalue weighted by Crippen LogP contribution is 2.43. The fraction of sp³-hybridized carbons (Fsp3) is 0.280. The van der Waals surface area contributed by atoms with Gasteiger partial charge in [0.05, 0.1) is 0 Å². The number of nitrogen functional groups attached to an aromatic ring is 2. The van der Waals surface area contributed by atoms with Crippen molar-refractivity contribution >= 4 is 22.7 Å². The maximum absolute atomic E-state index is 6.52. The highest BCUT2D eigenvalue weighted by Gasteiger charge is 2.18. The van der Waals surface area contributed by atoms with Gasteiger partial charge >= 0.3 is 0 Å². The van der Waals surface area contributed by atoms with E-state index in [-0.39, 0.29) is 0 Å². The topological polar surface area (TPSA) is 58.5 Å². The van der Waals surface area contributed by atoms with E-state index < -0.39 is 0 Å². The summed E-state index contributed by atoms with van der Waals surface area (Å²) in [5.41, 5.74) is 21.9. The molecule has 154 valence electrons. The molecule has 0 aliphatic rings. The number of para-hydroxylation sites is 2. The first kappa shape index (κ1) is 22.2. The van der Waals surface area contributed by atoms with Crippen LogP contribution in [0.1, 0.15) is 19.4 Å². The van der Waals surface area contributed by atoms with Crippen molar-refractivity contribution in [2.75, 3.05) is 49.5 Å². The standard InChI is InChI=1S/C23H28N4.C2H6/c1-15-22(24)18(16-10-6-8-12-20(16)26(2)3)14-19(23(15)25)17-11-7-9-13-21(17)27(4)5;1-2/h6-14H,24-25H2,1-5H3;1-2H3. The minimum Gasteiger partial charge on any atom is -0.398 e. The monoisotopic (exact) mass is 390 g/mol. The van der Waals surface area contributed by atoms with Gasteiger partial charge in [-0.25, -0.2) is 0 Å². The zero-order chi connectivity index (χ0) is 21.7. The maximum atomic E-state index is 6.52. The molecule has 4 N–H and O–H groups in total. The summed E-state index contributed by atoms with van der Waals surface area (Å²) in [5.74, 6) is 0. The molecule has 0 heterocycles. The van der Waals surface area contributed by atoms with Gasteiger partial charge in [-0.3, -0.25) is 0 Å². The van der Waals surface area contributed by atoms with Crippen LogP contribution in [0.3, 0.4) is 0 Å². The van der Waals surface area contributed by atoms with Gasteiger partial charge in [-0.05, 0) is 30.7 Å². The average Bonchev–Trinajstić information content (AvgIpc) is 2.73. The summed E-state index contributed by atoms with van der Waals surface area (Å²) in [7, 11) is 8.17. The highest BCUT2D eigenvalue weighted by molar-refractivity contribution is 5.97. The zero-order valence-electron chi connectivity index (χ0n) is 18.7. The molecule has 0 unspecified atom stereocenters. The van der Waals surface area contributed by atoms with Crippen molar-refractivity contribution in [2.24, 2.45) is 0 Å². The van der Waals surface area contributed by atoms with Crippen LogP contribution in [-0.2, 0) is 0 Å². The normalized spacial score (nSPS) is 10.2. The molecule has 4 heteroatoms. The van der Waals surface area contributed by atoms with Crippen molar-refractivity contribution in [2.45, 2.75) is 20.8 Å². The van der Waals surface area contributed by atoms with Crippen LogP contribution in [0.25, 0.3) is 22.3 Å². The Hall–Kier alpha value is -3.14. The van der Waals surface area contributed by atoms with E-state index in [1.807, 2.05) is 73.2 Å². The van der Waals surface area contributed by atoms with Gasteiger partial charge in [-0.2, -0.15) is 0 Å². The summed E-state index contributed by atoms with van der Waals surface area (Å²) in [5, 5.41) is 0. The lowest BCUT2D eigenvalue weighted by atomic mass is 9.91. The van der Waals surface area contributed by atoms with E-state index in [2.05, 4.69) is 40.1 Å². The number of rotatable bonds is 4. The summed E-state index contributed by atoms with van der Waals surface area (Å²) in [6.45, 7) is 5.99. The zero-order valence-corrected chi connectivity index (χ0v) is 18.7. The van der Waals surface area contributed by atoms with Crippen molar-refractivity contribution in [1.29, 1.82) is 0 Å². The molecule has 0 saturated heterocycles. The van der Waals surface area contributed by atoms with Crippen molar-refractivity contribution in [3.63, 3.8) is 0 Å². The van der Waals surface area contributed by atoms with Gasteiger partial charge in [0.1, 0.15) is 0 Å². The summed E-state index contributed by atoms with van der Waals surface area (Å²) in [4.78, 5) is 4.21. The summed E-state index contributed by atoms with van der Waals surface area (Å²) >= 11 is 0. The van der Waals surface area contributed by atoms with E-state index in [1.165, 1.54) is 0 Å². The summed E-state index contributed by atoms with van der Waals surface area (Å²) in [6.07, 6.45) is 0. The largest absolute Gasteiger partial charge is 0.398 e. The minimum atomic E-state index is 0.730. The maximum Gasteiger partial charge on any atom is 0.0445 e. The van der Waals surface area contributed by atoms with Crippen LogP contribution in [-0.4, -0.2) is 28.2 Å². The van der Waals surface area contributed by atoms with Gasteiger partial charge in [0, 0.05) is 73.2 Å². The van der Waals surface area contributed by atoms with Crippen LogP contribution in [0.5, 0.6) is 0 Å². The lowest BCUT2D eigenvalue weighted by Crippen LogP contribution is -2.11. The Bertz CT molecular complexity index is 899. The van der Waals surface area contributed by atoms with E-state index >= 15 is 0 Å². The molecule has 3 aromatic rings. The molecule has 3 aromatic carbocycles. The fourth-order valence-electron chi connectivity index (χ4n) is 3.48. The first-order valence-corrected chi connectivity index (χ1v) is 10.0.